The lowest BCUT2D eigenvalue weighted by Crippen LogP contribution is -2.30. The molecule has 158 valence electrons. The first kappa shape index (κ1) is 21.6. The van der Waals surface area contributed by atoms with Gasteiger partial charge in [0.05, 0.1) is 5.52 Å². The van der Waals surface area contributed by atoms with Crippen LogP contribution < -0.4 is 16.3 Å². The number of aromatic nitrogens is 2. The highest BCUT2D eigenvalue weighted by atomic mass is 16.2. The van der Waals surface area contributed by atoms with Gasteiger partial charge in [0.15, 0.2) is 0 Å². The van der Waals surface area contributed by atoms with E-state index in [0.717, 1.165) is 18.4 Å². The third kappa shape index (κ3) is 5.26. The molecule has 0 unspecified atom stereocenters. The Morgan fingerprint density at radius 1 is 1.03 bits per heavy atom. The van der Waals surface area contributed by atoms with Crippen LogP contribution in [0.15, 0.2) is 53.3 Å². The second-order valence-corrected chi connectivity index (χ2v) is 8.28. The van der Waals surface area contributed by atoms with Crippen LogP contribution in [0.5, 0.6) is 0 Å². The molecule has 0 aliphatic rings. The van der Waals surface area contributed by atoms with Gasteiger partial charge in [0.2, 0.25) is 5.91 Å². The molecular formula is C24H30N4O2. The molecule has 0 aliphatic carbocycles. The lowest BCUT2D eigenvalue weighted by Gasteiger charge is -2.14. The van der Waals surface area contributed by atoms with Crippen molar-refractivity contribution < 1.29 is 4.79 Å². The molecule has 2 N–H and O–H groups in total. The Morgan fingerprint density at radius 2 is 1.73 bits per heavy atom. The van der Waals surface area contributed by atoms with E-state index in [4.69, 9.17) is 0 Å². The second-order valence-electron chi connectivity index (χ2n) is 8.28. The highest BCUT2D eigenvalue weighted by Crippen LogP contribution is 2.20. The first-order valence-corrected chi connectivity index (χ1v) is 10.5. The predicted octanol–water partition coefficient (Wildman–Crippen LogP) is 4.62. The lowest BCUT2D eigenvalue weighted by atomic mass is 10.0. The van der Waals surface area contributed by atoms with Gasteiger partial charge in [0.1, 0.15) is 12.4 Å². The van der Waals surface area contributed by atoms with Crippen molar-refractivity contribution in [1.29, 1.82) is 0 Å². The maximum Gasteiger partial charge on any atom is 0.350 e. The highest BCUT2D eigenvalue weighted by Gasteiger charge is 2.13. The van der Waals surface area contributed by atoms with Crippen LogP contribution in [0.3, 0.4) is 0 Å². The number of nitrogens with zero attached hydrogens (tertiary/aromatic N) is 2. The molecule has 0 atom stereocenters. The summed E-state index contributed by atoms with van der Waals surface area (Å²) >= 11 is 0. The number of rotatable bonds is 8. The van der Waals surface area contributed by atoms with Crippen LogP contribution in [-0.2, 0) is 11.3 Å². The topological polar surface area (TPSA) is 76.0 Å². The van der Waals surface area contributed by atoms with Crippen molar-refractivity contribution in [1.82, 2.24) is 9.55 Å². The average molecular weight is 407 g/mol. The molecule has 3 aromatic rings. The number of nitrogens with one attached hydrogen (secondary N) is 2. The van der Waals surface area contributed by atoms with Gasteiger partial charge in [-0.2, -0.15) is 4.98 Å². The number of para-hydroxylation sites is 1. The molecule has 1 aromatic heterocycles. The molecule has 2 aromatic carbocycles. The normalized spacial score (nSPS) is 11.3. The van der Waals surface area contributed by atoms with E-state index in [9.17, 15) is 9.59 Å². The van der Waals surface area contributed by atoms with E-state index in [1.165, 1.54) is 10.1 Å². The lowest BCUT2D eigenvalue weighted by molar-refractivity contribution is -0.116. The first-order chi connectivity index (χ1) is 14.3. The molecule has 0 aliphatic heterocycles. The Kier molecular flexibility index (Phi) is 6.87. The van der Waals surface area contributed by atoms with Crippen molar-refractivity contribution in [3.8, 4) is 0 Å². The molecule has 0 saturated carbocycles. The van der Waals surface area contributed by atoms with E-state index in [0.29, 0.717) is 28.9 Å². The van der Waals surface area contributed by atoms with Crippen LogP contribution in [0.1, 0.15) is 45.6 Å². The zero-order valence-electron chi connectivity index (χ0n) is 18.1. The largest absolute Gasteiger partial charge is 0.369 e. The highest BCUT2D eigenvalue weighted by molar-refractivity contribution is 5.93. The van der Waals surface area contributed by atoms with Crippen LogP contribution in [-0.4, -0.2) is 22.0 Å². The van der Waals surface area contributed by atoms with Crippen LogP contribution in [0.25, 0.3) is 10.9 Å². The van der Waals surface area contributed by atoms with Gasteiger partial charge in [0, 0.05) is 17.6 Å². The van der Waals surface area contributed by atoms with Crippen LogP contribution in [0.2, 0.25) is 0 Å². The third-order valence-electron chi connectivity index (χ3n) is 5.07. The summed E-state index contributed by atoms with van der Waals surface area (Å²) < 4.78 is 1.42. The van der Waals surface area contributed by atoms with Gasteiger partial charge >= 0.3 is 5.69 Å². The number of hydrogen-bond donors (Lipinski definition) is 2. The Hall–Kier alpha value is -3.15. The smallest absolute Gasteiger partial charge is 0.350 e. The fourth-order valence-corrected chi connectivity index (χ4v) is 3.29. The molecular weight excluding hydrogens is 376 g/mol. The molecule has 6 nitrogen and oxygen atoms in total. The second kappa shape index (κ2) is 9.57. The minimum absolute atomic E-state index is 0.0927. The molecule has 3 rings (SSSR count). The van der Waals surface area contributed by atoms with Crippen molar-refractivity contribution in [2.75, 3.05) is 17.2 Å². The number of benzene rings is 2. The van der Waals surface area contributed by atoms with Crippen molar-refractivity contribution in [3.05, 3.63) is 64.6 Å². The van der Waals surface area contributed by atoms with Gasteiger partial charge < -0.3 is 10.6 Å². The summed E-state index contributed by atoms with van der Waals surface area (Å²) in [5.41, 5.74) is 2.17. The van der Waals surface area contributed by atoms with E-state index in [2.05, 4.69) is 43.3 Å². The van der Waals surface area contributed by atoms with E-state index < -0.39 is 5.69 Å². The summed E-state index contributed by atoms with van der Waals surface area (Å²) in [4.78, 5) is 29.5. The fraction of sp³-hybridized carbons (Fsp3) is 0.375. The van der Waals surface area contributed by atoms with Crippen molar-refractivity contribution in [3.63, 3.8) is 0 Å². The quantitative estimate of drug-likeness (QED) is 0.572. The number of hydrogen-bond acceptors (Lipinski definition) is 4. The van der Waals surface area contributed by atoms with Crippen LogP contribution >= 0.6 is 0 Å². The third-order valence-corrected chi connectivity index (χ3v) is 5.07. The standard InChI is InChI=1S/C24H30N4O2/c1-16(2)13-14-25-23-20-7-5-6-8-21(20)28(24(30)27-23)15-22(29)26-19-11-9-18(10-12-19)17(3)4/h5-12,16-17H,13-15H2,1-4H3,(H,26,29)(H,25,27,30). The summed E-state index contributed by atoms with van der Waals surface area (Å²) in [7, 11) is 0. The van der Waals surface area contributed by atoms with Crippen molar-refractivity contribution in [2.24, 2.45) is 5.92 Å². The summed E-state index contributed by atoms with van der Waals surface area (Å²) in [6, 6.07) is 15.3. The fourth-order valence-electron chi connectivity index (χ4n) is 3.29. The number of fused-ring (bicyclic) bond motifs is 1. The molecule has 0 bridgehead atoms. The summed E-state index contributed by atoms with van der Waals surface area (Å²) in [5, 5.41) is 6.97. The van der Waals surface area contributed by atoms with Gasteiger partial charge in [-0.3, -0.25) is 9.36 Å². The monoisotopic (exact) mass is 406 g/mol. The minimum atomic E-state index is -0.439. The number of carbonyl (C=O) groups excluding carboxylic acids is 1. The van der Waals surface area contributed by atoms with Gasteiger partial charge in [-0.1, -0.05) is 52.0 Å². The molecule has 0 spiro atoms. The Balaban J connectivity index is 1.81. The van der Waals surface area contributed by atoms with Crippen molar-refractivity contribution in [2.45, 2.75) is 46.6 Å². The van der Waals surface area contributed by atoms with Gasteiger partial charge in [0.25, 0.3) is 0 Å². The van der Waals surface area contributed by atoms with E-state index in [1.807, 2.05) is 48.5 Å². The molecule has 0 fully saturated rings. The maximum atomic E-state index is 12.7. The summed E-state index contributed by atoms with van der Waals surface area (Å²) in [5.74, 6) is 1.29. The van der Waals surface area contributed by atoms with E-state index in [1.54, 1.807) is 0 Å². The minimum Gasteiger partial charge on any atom is -0.369 e. The average Bonchev–Trinajstić information content (AvgIpc) is 2.71. The predicted molar refractivity (Wildman–Crippen MR) is 123 cm³/mol. The van der Waals surface area contributed by atoms with Crippen LogP contribution in [0.4, 0.5) is 11.5 Å². The molecule has 1 heterocycles. The number of carbonyl (C=O) groups is 1. The van der Waals surface area contributed by atoms with E-state index >= 15 is 0 Å². The first-order valence-electron chi connectivity index (χ1n) is 10.5. The number of anilines is 2. The Bertz CT molecular complexity index is 1070. The molecule has 1 amide bonds. The van der Waals surface area contributed by atoms with Gasteiger partial charge in [-0.15, -0.1) is 0 Å². The van der Waals surface area contributed by atoms with E-state index in [-0.39, 0.29) is 12.5 Å². The Morgan fingerprint density at radius 3 is 2.40 bits per heavy atom. The van der Waals surface area contributed by atoms with Gasteiger partial charge in [-0.25, -0.2) is 4.79 Å². The maximum absolute atomic E-state index is 12.7. The van der Waals surface area contributed by atoms with Crippen molar-refractivity contribution >= 4 is 28.3 Å². The molecule has 30 heavy (non-hydrogen) atoms. The summed E-state index contributed by atoms with van der Waals surface area (Å²) in [6.07, 6.45) is 0.983. The molecule has 0 radical (unpaired) electrons. The number of amides is 1. The van der Waals surface area contributed by atoms with Gasteiger partial charge in [-0.05, 0) is 48.1 Å². The zero-order chi connectivity index (χ0) is 21.7. The Labute approximate surface area is 177 Å². The van der Waals surface area contributed by atoms with Crippen LogP contribution in [0, 0.1) is 5.92 Å². The zero-order valence-corrected chi connectivity index (χ0v) is 18.1. The molecule has 6 heteroatoms. The summed E-state index contributed by atoms with van der Waals surface area (Å²) in [6.45, 7) is 9.20. The SMILES string of the molecule is CC(C)CCNc1nc(=O)n(CC(=O)Nc2ccc(C(C)C)cc2)c2ccccc12. The molecule has 0 saturated heterocycles.